The molecule has 0 saturated carbocycles. The Bertz CT molecular complexity index is 785. The molecule has 116 valence electrons. The first kappa shape index (κ1) is 15.1. The first-order chi connectivity index (χ1) is 11.2. The zero-order valence-electron chi connectivity index (χ0n) is 13.0. The summed E-state index contributed by atoms with van der Waals surface area (Å²) in [5.74, 6) is 0.781. The lowest BCUT2D eigenvalue weighted by atomic mass is 10.1. The summed E-state index contributed by atoms with van der Waals surface area (Å²) in [5, 5.41) is 4.05. The van der Waals surface area contributed by atoms with Crippen LogP contribution in [0.1, 0.15) is 18.2 Å². The Morgan fingerprint density at radius 2 is 1.87 bits per heavy atom. The summed E-state index contributed by atoms with van der Waals surface area (Å²) >= 11 is 0. The molecule has 1 heterocycles. The molecule has 23 heavy (non-hydrogen) atoms. The van der Waals surface area contributed by atoms with E-state index in [1.54, 1.807) is 6.08 Å². The number of carbonyl (C=O) groups is 1. The largest absolute Gasteiger partial charge is 0.461 e. The molecule has 0 spiro atoms. The molecule has 0 fully saturated rings. The van der Waals surface area contributed by atoms with Crippen LogP contribution in [0.3, 0.4) is 0 Å². The Kier molecular flexibility index (Phi) is 4.57. The van der Waals surface area contributed by atoms with E-state index in [4.69, 9.17) is 4.42 Å². The van der Waals surface area contributed by atoms with Gasteiger partial charge in [0.1, 0.15) is 11.3 Å². The second-order valence-corrected chi connectivity index (χ2v) is 5.61. The first-order valence-corrected chi connectivity index (χ1v) is 7.72. The fourth-order valence-electron chi connectivity index (χ4n) is 2.52. The average molecular weight is 305 g/mol. The minimum atomic E-state index is -0.0996. The van der Waals surface area contributed by atoms with Gasteiger partial charge in [-0.1, -0.05) is 48.5 Å². The molecule has 0 aliphatic heterocycles. The molecule has 1 aromatic heterocycles. The van der Waals surface area contributed by atoms with E-state index >= 15 is 0 Å². The van der Waals surface area contributed by atoms with Gasteiger partial charge in [0.2, 0.25) is 5.91 Å². The smallest absolute Gasteiger partial charge is 0.244 e. The summed E-state index contributed by atoms with van der Waals surface area (Å²) in [4.78, 5) is 12.0. The molecule has 2 aromatic carbocycles. The van der Waals surface area contributed by atoms with Crippen molar-refractivity contribution in [1.29, 1.82) is 0 Å². The molecule has 3 heteroatoms. The third-order valence-corrected chi connectivity index (χ3v) is 3.60. The van der Waals surface area contributed by atoms with Crippen LogP contribution in [0.4, 0.5) is 0 Å². The van der Waals surface area contributed by atoms with Gasteiger partial charge in [0.25, 0.3) is 0 Å². The number of hydrogen-bond donors (Lipinski definition) is 1. The lowest BCUT2D eigenvalue weighted by Gasteiger charge is -2.10. The van der Waals surface area contributed by atoms with E-state index in [1.807, 2.05) is 73.7 Å². The number of amides is 1. The van der Waals surface area contributed by atoms with Crippen LogP contribution in [0, 0.1) is 0 Å². The van der Waals surface area contributed by atoms with Gasteiger partial charge < -0.3 is 9.73 Å². The van der Waals surface area contributed by atoms with Crippen molar-refractivity contribution < 1.29 is 9.21 Å². The van der Waals surface area contributed by atoms with E-state index in [2.05, 4.69) is 5.32 Å². The van der Waals surface area contributed by atoms with Crippen molar-refractivity contribution >= 4 is 23.0 Å². The van der Waals surface area contributed by atoms with Crippen molar-refractivity contribution in [3.63, 3.8) is 0 Å². The van der Waals surface area contributed by atoms with Crippen LogP contribution in [0.5, 0.6) is 0 Å². The van der Waals surface area contributed by atoms with E-state index in [0.29, 0.717) is 6.42 Å². The number of rotatable bonds is 5. The number of benzene rings is 2. The Labute approximate surface area is 135 Å². The lowest BCUT2D eigenvalue weighted by Crippen LogP contribution is -2.32. The molecule has 3 nitrogen and oxygen atoms in total. The van der Waals surface area contributed by atoms with Gasteiger partial charge in [-0.3, -0.25) is 4.79 Å². The topological polar surface area (TPSA) is 42.2 Å². The van der Waals surface area contributed by atoms with E-state index in [1.165, 1.54) is 0 Å². The highest BCUT2D eigenvalue weighted by atomic mass is 16.3. The van der Waals surface area contributed by atoms with Crippen LogP contribution in [0.2, 0.25) is 0 Å². The molecule has 1 unspecified atom stereocenters. The fourth-order valence-corrected chi connectivity index (χ4v) is 2.52. The van der Waals surface area contributed by atoms with E-state index in [0.717, 1.165) is 22.3 Å². The summed E-state index contributed by atoms with van der Waals surface area (Å²) in [6, 6.07) is 19.7. The molecule has 3 rings (SSSR count). The molecule has 0 aliphatic rings. The van der Waals surface area contributed by atoms with Crippen LogP contribution in [-0.2, 0) is 11.2 Å². The Balaban J connectivity index is 1.57. The Morgan fingerprint density at radius 1 is 1.13 bits per heavy atom. The van der Waals surface area contributed by atoms with E-state index in [-0.39, 0.29) is 11.9 Å². The number of nitrogens with one attached hydrogen (secondary N) is 1. The SMILES string of the molecule is CC(Cc1cc2ccccc2o1)NC(=O)C=Cc1ccccc1. The standard InChI is InChI=1S/C20H19NO2/c1-15(13-18-14-17-9-5-6-10-19(17)23-18)21-20(22)12-11-16-7-3-2-4-8-16/h2-12,14-15H,13H2,1H3,(H,21,22). The maximum atomic E-state index is 12.0. The van der Waals surface area contributed by atoms with Crippen LogP contribution in [-0.4, -0.2) is 11.9 Å². The zero-order valence-corrected chi connectivity index (χ0v) is 13.0. The molecular formula is C20H19NO2. The normalized spacial score (nSPS) is 12.6. The van der Waals surface area contributed by atoms with Crippen LogP contribution < -0.4 is 5.32 Å². The molecule has 0 radical (unpaired) electrons. The van der Waals surface area contributed by atoms with Gasteiger partial charge in [-0.15, -0.1) is 0 Å². The number of furan rings is 1. The number of fused-ring (bicyclic) bond motifs is 1. The van der Waals surface area contributed by atoms with Gasteiger partial charge >= 0.3 is 0 Å². The number of para-hydroxylation sites is 1. The molecule has 1 N–H and O–H groups in total. The maximum Gasteiger partial charge on any atom is 0.244 e. The van der Waals surface area contributed by atoms with Gasteiger partial charge in [-0.25, -0.2) is 0 Å². The summed E-state index contributed by atoms with van der Waals surface area (Å²) < 4.78 is 5.78. The highest BCUT2D eigenvalue weighted by Crippen LogP contribution is 2.19. The monoisotopic (exact) mass is 305 g/mol. The predicted molar refractivity (Wildman–Crippen MR) is 93.0 cm³/mol. The number of carbonyl (C=O) groups excluding carboxylic acids is 1. The molecule has 3 aromatic rings. The quantitative estimate of drug-likeness (QED) is 0.718. The van der Waals surface area contributed by atoms with Gasteiger partial charge in [-0.05, 0) is 30.7 Å². The molecular weight excluding hydrogens is 286 g/mol. The van der Waals surface area contributed by atoms with E-state index < -0.39 is 0 Å². The van der Waals surface area contributed by atoms with Gasteiger partial charge in [0.15, 0.2) is 0 Å². The van der Waals surface area contributed by atoms with Gasteiger partial charge in [0, 0.05) is 23.9 Å². The molecule has 0 saturated heterocycles. The molecule has 0 aliphatic carbocycles. The van der Waals surface area contributed by atoms with Crippen LogP contribution >= 0.6 is 0 Å². The van der Waals surface area contributed by atoms with Crippen molar-refractivity contribution in [2.75, 3.05) is 0 Å². The maximum absolute atomic E-state index is 12.0. The van der Waals surface area contributed by atoms with Crippen molar-refractivity contribution in [3.8, 4) is 0 Å². The summed E-state index contributed by atoms with van der Waals surface area (Å²) in [5.41, 5.74) is 1.89. The van der Waals surface area contributed by atoms with E-state index in [9.17, 15) is 4.79 Å². The van der Waals surface area contributed by atoms with Crippen molar-refractivity contribution in [2.24, 2.45) is 0 Å². The lowest BCUT2D eigenvalue weighted by molar-refractivity contribution is -0.117. The van der Waals surface area contributed by atoms with Gasteiger partial charge in [-0.2, -0.15) is 0 Å². The highest BCUT2D eigenvalue weighted by molar-refractivity contribution is 5.91. The Hall–Kier alpha value is -2.81. The average Bonchev–Trinajstić information content (AvgIpc) is 2.96. The summed E-state index contributed by atoms with van der Waals surface area (Å²) in [7, 11) is 0. The van der Waals surface area contributed by atoms with Gasteiger partial charge in [0.05, 0.1) is 0 Å². The second-order valence-electron chi connectivity index (χ2n) is 5.61. The van der Waals surface area contributed by atoms with Crippen molar-refractivity contribution in [3.05, 3.63) is 78.1 Å². The molecule has 1 atom stereocenters. The molecule has 1 amide bonds. The first-order valence-electron chi connectivity index (χ1n) is 7.72. The van der Waals surface area contributed by atoms with Crippen LogP contribution in [0.25, 0.3) is 17.0 Å². The third-order valence-electron chi connectivity index (χ3n) is 3.60. The third kappa shape index (κ3) is 4.10. The highest BCUT2D eigenvalue weighted by Gasteiger charge is 2.10. The van der Waals surface area contributed by atoms with Crippen LogP contribution in [0.15, 0.2) is 71.2 Å². The summed E-state index contributed by atoms with van der Waals surface area (Å²) in [6.45, 7) is 1.97. The fraction of sp³-hybridized carbons (Fsp3) is 0.150. The summed E-state index contributed by atoms with van der Waals surface area (Å²) in [6.07, 6.45) is 4.04. The minimum Gasteiger partial charge on any atom is -0.461 e. The minimum absolute atomic E-state index is 0.00323. The predicted octanol–water partition coefficient (Wildman–Crippen LogP) is 4.19. The molecule has 0 bridgehead atoms. The number of hydrogen-bond acceptors (Lipinski definition) is 2. The Morgan fingerprint density at radius 3 is 2.65 bits per heavy atom. The second kappa shape index (κ2) is 6.97. The zero-order chi connectivity index (χ0) is 16.1. The van der Waals surface area contributed by atoms with Crippen molar-refractivity contribution in [2.45, 2.75) is 19.4 Å². The van der Waals surface area contributed by atoms with Crippen molar-refractivity contribution in [1.82, 2.24) is 5.32 Å².